The predicted molar refractivity (Wildman–Crippen MR) is 110 cm³/mol. The van der Waals surface area contributed by atoms with E-state index in [-0.39, 0.29) is 5.91 Å². The molecule has 158 valence electrons. The number of aryl methyl sites for hydroxylation is 3. The molecule has 1 aliphatic heterocycles. The van der Waals surface area contributed by atoms with Gasteiger partial charge in [-0.3, -0.25) is 9.48 Å². The van der Waals surface area contributed by atoms with Gasteiger partial charge >= 0.3 is 0 Å². The number of hydrogen-bond acceptors (Lipinski definition) is 7. The van der Waals surface area contributed by atoms with Crippen molar-refractivity contribution in [3.8, 4) is 22.9 Å². The third-order valence-electron chi connectivity index (χ3n) is 5.57. The Morgan fingerprint density at radius 1 is 1.19 bits per heavy atom. The summed E-state index contributed by atoms with van der Waals surface area (Å²) in [6.45, 7) is 1.16. The zero-order valence-corrected chi connectivity index (χ0v) is 17.4. The molecule has 3 aromatic heterocycles. The van der Waals surface area contributed by atoms with E-state index in [0.29, 0.717) is 43.5 Å². The molecule has 4 aromatic rings. The number of hydrogen-bond donors (Lipinski definition) is 0. The summed E-state index contributed by atoms with van der Waals surface area (Å²) in [6.07, 6.45) is 3.12. The summed E-state index contributed by atoms with van der Waals surface area (Å²) >= 11 is 0. The molecule has 0 saturated heterocycles. The molecule has 5 rings (SSSR count). The first-order valence-electron chi connectivity index (χ1n) is 10.1. The van der Waals surface area contributed by atoms with Crippen LogP contribution in [0.25, 0.3) is 22.9 Å². The minimum atomic E-state index is 0.0536. The lowest BCUT2D eigenvalue weighted by Crippen LogP contribution is -2.36. The van der Waals surface area contributed by atoms with Crippen LogP contribution in [0, 0.1) is 0 Å². The Kier molecular flexibility index (Phi) is 4.81. The van der Waals surface area contributed by atoms with E-state index in [9.17, 15) is 4.79 Å². The normalized spacial score (nSPS) is 13.4. The molecule has 0 unspecified atom stereocenters. The Morgan fingerprint density at radius 3 is 2.81 bits per heavy atom. The highest BCUT2D eigenvalue weighted by Crippen LogP contribution is 2.28. The Labute approximate surface area is 178 Å². The van der Waals surface area contributed by atoms with Crippen LogP contribution in [0.4, 0.5) is 0 Å². The van der Waals surface area contributed by atoms with Crippen LogP contribution < -0.4 is 0 Å². The first kappa shape index (κ1) is 19.2. The molecule has 10 heteroatoms. The summed E-state index contributed by atoms with van der Waals surface area (Å²) in [5.41, 5.74) is 3.83. The fourth-order valence-electron chi connectivity index (χ4n) is 3.92. The third kappa shape index (κ3) is 3.60. The maximum absolute atomic E-state index is 12.9. The molecule has 0 radical (unpaired) electrons. The van der Waals surface area contributed by atoms with Gasteiger partial charge in [-0.25, -0.2) is 0 Å². The Hall–Kier alpha value is -3.82. The van der Waals surface area contributed by atoms with Crippen molar-refractivity contribution in [2.45, 2.75) is 25.8 Å². The molecule has 0 saturated carbocycles. The van der Waals surface area contributed by atoms with Crippen LogP contribution in [0.3, 0.4) is 0 Å². The Bertz CT molecular complexity index is 1220. The topological polar surface area (TPSA) is 108 Å². The number of rotatable bonds is 5. The third-order valence-corrected chi connectivity index (χ3v) is 5.57. The van der Waals surface area contributed by atoms with Crippen LogP contribution in [-0.2, 0) is 38.3 Å². The molecular weight excluding hydrogens is 396 g/mol. The second kappa shape index (κ2) is 7.78. The number of aromatic nitrogens is 7. The quantitative estimate of drug-likeness (QED) is 0.486. The minimum absolute atomic E-state index is 0.0536. The van der Waals surface area contributed by atoms with Crippen molar-refractivity contribution in [1.82, 2.24) is 39.6 Å². The van der Waals surface area contributed by atoms with E-state index < -0.39 is 0 Å². The lowest BCUT2D eigenvalue weighted by molar-refractivity contribution is -0.132. The van der Waals surface area contributed by atoms with Gasteiger partial charge in [0.05, 0.1) is 0 Å². The molecule has 1 amide bonds. The molecular formula is C21H22N8O2. The van der Waals surface area contributed by atoms with E-state index in [1.807, 2.05) is 58.6 Å². The Morgan fingerprint density at radius 2 is 2.03 bits per heavy atom. The van der Waals surface area contributed by atoms with Gasteiger partial charge in [0.1, 0.15) is 12.0 Å². The molecule has 0 bridgehead atoms. The zero-order valence-electron chi connectivity index (χ0n) is 17.4. The second-order valence-corrected chi connectivity index (χ2v) is 7.61. The van der Waals surface area contributed by atoms with Gasteiger partial charge in [-0.2, -0.15) is 10.1 Å². The lowest BCUT2D eigenvalue weighted by atomic mass is 10.0. The number of carbonyl (C=O) groups excluding carboxylic acids is 1. The average molecular weight is 418 g/mol. The van der Waals surface area contributed by atoms with E-state index in [0.717, 1.165) is 28.9 Å². The SMILES string of the molecule is Cn1cnnc1-c1nn(C)c2c1CN(C(=O)CCc1nc(-c3ccccc3)no1)CC2. The molecule has 1 aliphatic rings. The van der Waals surface area contributed by atoms with E-state index >= 15 is 0 Å². The smallest absolute Gasteiger partial charge is 0.227 e. The molecule has 1 aromatic carbocycles. The van der Waals surface area contributed by atoms with Gasteiger partial charge in [-0.1, -0.05) is 35.5 Å². The number of nitrogens with zero attached hydrogens (tertiary/aromatic N) is 8. The summed E-state index contributed by atoms with van der Waals surface area (Å²) in [6, 6.07) is 9.63. The van der Waals surface area contributed by atoms with Crippen LogP contribution in [0.1, 0.15) is 23.6 Å². The van der Waals surface area contributed by atoms with Gasteiger partial charge in [0.2, 0.25) is 17.6 Å². The highest BCUT2D eigenvalue weighted by molar-refractivity contribution is 5.77. The van der Waals surface area contributed by atoms with Crippen molar-refractivity contribution < 1.29 is 9.32 Å². The van der Waals surface area contributed by atoms with E-state index in [2.05, 4.69) is 25.4 Å². The number of fused-ring (bicyclic) bond motifs is 1. The lowest BCUT2D eigenvalue weighted by Gasteiger charge is -2.27. The van der Waals surface area contributed by atoms with Crippen molar-refractivity contribution >= 4 is 5.91 Å². The fourth-order valence-corrected chi connectivity index (χ4v) is 3.92. The molecule has 31 heavy (non-hydrogen) atoms. The van der Waals surface area contributed by atoms with Gasteiger partial charge in [0, 0.05) is 63.3 Å². The van der Waals surface area contributed by atoms with Gasteiger partial charge in [-0.05, 0) is 0 Å². The molecule has 0 spiro atoms. The van der Waals surface area contributed by atoms with Gasteiger partial charge < -0.3 is 14.0 Å². The van der Waals surface area contributed by atoms with Crippen LogP contribution in [-0.4, -0.2) is 52.0 Å². The minimum Gasteiger partial charge on any atom is -0.339 e. The average Bonchev–Trinajstić information content (AvgIpc) is 3.51. The summed E-state index contributed by atoms with van der Waals surface area (Å²) in [7, 11) is 3.81. The summed E-state index contributed by atoms with van der Waals surface area (Å²) < 4.78 is 9.05. The van der Waals surface area contributed by atoms with Crippen LogP contribution in [0.2, 0.25) is 0 Å². The van der Waals surface area contributed by atoms with Gasteiger partial charge in [0.25, 0.3) is 0 Å². The number of benzene rings is 1. The van der Waals surface area contributed by atoms with Crippen LogP contribution >= 0.6 is 0 Å². The maximum atomic E-state index is 12.9. The van der Waals surface area contributed by atoms with Crippen LogP contribution in [0.5, 0.6) is 0 Å². The standard InChI is InChI=1S/C21H22N8O2/c1-27-13-22-24-21(27)19-15-12-29(11-10-16(15)28(2)25-19)18(30)9-8-17-23-20(26-31-17)14-6-4-3-5-7-14/h3-7,13H,8-12H2,1-2H3. The molecule has 0 aliphatic carbocycles. The first-order valence-corrected chi connectivity index (χ1v) is 10.1. The largest absolute Gasteiger partial charge is 0.339 e. The van der Waals surface area contributed by atoms with E-state index in [1.165, 1.54) is 0 Å². The van der Waals surface area contributed by atoms with Crippen molar-refractivity contribution in [2.75, 3.05) is 6.54 Å². The van der Waals surface area contributed by atoms with E-state index in [4.69, 9.17) is 4.52 Å². The monoisotopic (exact) mass is 418 g/mol. The second-order valence-electron chi connectivity index (χ2n) is 7.61. The summed E-state index contributed by atoms with van der Waals surface area (Å²) in [4.78, 5) is 19.2. The van der Waals surface area contributed by atoms with Crippen molar-refractivity contribution in [2.24, 2.45) is 14.1 Å². The van der Waals surface area contributed by atoms with Crippen molar-refractivity contribution in [1.29, 1.82) is 0 Å². The molecule has 0 atom stereocenters. The van der Waals surface area contributed by atoms with Gasteiger partial charge in [-0.15, -0.1) is 10.2 Å². The van der Waals surface area contributed by atoms with Crippen molar-refractivity contribution in [3.05, 3.63) is 53.8 Å². The summed E-state index contributed by atoms with van der Waals surface area (Å²) in [5.74, 6) is 1.75. The van der Waals surface area contributed by atoms with Crippen molar-refractivity contribution in [3.63, 3.8) is 0 Å². The molecule has 4 heterocycles. The maximum Gasteiger partial charge on any atom is 0.227 e. The fraction of sp³-hybridized carbons (Fsp3) is 0.333. The molecule has 0 fully saturated rings. The Balaban J connectivity index is 1.27. The predicted octanol–water partition coefficient (Wildman–Crippen LogP) is 1.78. The highest BCUT2D eigenvalue weighted by atomic mass is 16.5. The summed E-state index contributed by atoms with van der Waals surface area (Å²) in [5, 5.41) is 16.8. The first-order chi connectivity index (χ1) is 15.1. The highest BCUT2D eigenvalue weighted by Gasteiger charge is 2.28. The number of carbonyl (C=O) groups is 1. The van der Waals surface area contributed by atoms with Gasteiger partial charge in [0.15, 0.2) is 5.82 Å². The number of amides is 1. The van der Waals surface area contributed by atoms with Crippen LogP contribution in [0.15, 0.2) is 41.2 Å². The molecule has 0 N–H and O–H groups in total. The zero-order chi connectivity index (χ0) is 21.4. The van der Waals surface area contributed by atoms with E-state index in [1.54, 1.807) is 6.33 Å². The molecule has 10 nitrogen and oxygen atoms in total.